The van der Waals surface area contributed by atoms with Gasteiger partial charge >= 0.3 is 0 Å². The van der Waals surface area contributed by atoms with E-state index in [1.165, 1.54) is 99.1 Å². The molecule has 0 saturated heterocycles. The quantitative estimate of drug-likeness (QED) is 0.167. The highest BCUT2D eigenvalue weighted by Gasteiger charge is 2.35. The molecule has 51 heavy (non-hydrogen) atoms. The van der Waals surface area contributed by atoms with Gasteiger partial charge in [-0.2, -0.15) is 0 Å². The van der Waals surface area contributed by atoms with Gasteiger partial charge in [0.1, 0.15) is 0 Å². The highest BCUT2D eigenvalue weighted by Crippen LogP contribution is 2.52. The van der Waals surface area contributed by atoms with Crippen LogP contribution in [-0.4, -0.2) is 0 Å². The zero-order chi connectivity index (χ0) is 34.1. The van der Waals surface area contributed by atoms with Crippen molar-refractivity contribution in [2.45, 2.75) is 19.3 Å². The molecular formula is C51H36. The molecule has 9 aromatic carbocycles. The lowest BCUT2D eigenvalue weighted by atomic mass is 9.80. The zero-order valence-corrected chi connectivity index (χ0v) is 28.8. The van der Waals surface area contributed by atoms with Crippen LogP contribution in [0.15, 0.2) is 182 Å². The molecule has 0 fully saturated rings. The van der Waals surface area contributed by atoms with Gasteiger partial charge in [0.05, 0.1) is 0 Å². The Bertz CT molecular complexity index is 2820. The molecular weight excluding hydrogens is 613 g/mol. The van der Waals surface area contributed by atoms with E-state index in [4.69, 9.17) is 0 Å². The van der Waals surface area contributed by atoms with Crippen molar-refractivity contribution in [2.75, 3.05) is 0 Å². The van der Waals surface area contributed by atoms with Crippen molar-refractivity contribution in [2.24, 2.45) is 0 Å². The van der Waals surface area contributed by atoms with E-state index in [1.807, 2.05) is 0 Å². The predicted octanol–water partition coefficient (Wildman–Crippen LogP) is 14.1. The first-order valence-corrected chi connectivity index (χ1v) is 17.9. The first kappa shape index (κ1) is 29.7. The summed E-state index contributed by atoms with van der Waals surface area (Å²) < 4.78 is 0. The summed E-state index contributed by atoms with van der Waals surface area (Å²) >= 11 is 0. The van der Waals surface area contributed by atoms with Crippen molar-refractivity contribution in [3.63, 3.8) is 0 Å². The second-order valence-corrected chi connectivity index (χ2v) is 14.5. The molecule has 1 aliphatic carbocycles. The Morgan fingerprint density at radius 2 is 0.863 bits per heavy atom. The molecule has 0 saturated carbocycles. The fraction of sp³-hybridized carbons (Fsp3) is 0.0588. The van der Waals surface area contributed by atoms with Crippen LogP contribution in [0.25, 0.3) is 88.0 Å². The third kappa shape index (κ3) is 4.60. The topological polar surface area (TPSA) is 0 Å². The molecule has 0 radical (unpaired) electrons. The van der Waals surface area contributed by atoms with Gasteiger partial charge in [0, 0.05) is 5.41 Å². The molecule has 0 spiro atoms. The molecule has 10 rings (SSSR count). The average Bonchev–Trinajstić information content (AvgIpc) is 3.42. The van der Waals surface area contributed by atoms with Crippen LogP contribution in [0.2, 0.25) is 0 Å². The van der Waals surface area contributed by atoms with Crippen LogP contribution in [0.3, 0.4) is 0 Å². The minimum absolute atomic E-state index is 0.0850. The Labute approximate surface area is 299 Å². The summed E-state index contributed by atoms with van der Waals surface area (Å²) in [5.74, 6) is 0. The van der Waals surface area contributed by atoms with Crippen molar-refractivity contribution in [3.05, 3.63) is 193 Å². The fourth-order valence-electron chi connectivity index (χ4n) is 8.76. The van der Waals surface area contributed by atoms with Gasteiger partial charge in [0.25, 0.3) is 0 Å². The molecule has 0 nitrogen and oxygen atoms in total. The molecule has 0 aromatic heterocycles. The fourth-order valence-corrected chi connectivity index (χ4v) is 8.76. The van der Waals surface area contributed by atoms with E-state index < -0.39 is 0 Å². The predicted molar refractivity (Wildman–Crippen MR) is 218 cm³/mol. The molecule has 0 atom stereocenters. The Hall–Kier alpha value is -6.24. The van der Waals surface area contributed by atoms with E-state index >= 15 is 0 Å². The number of hydrogen-bond donors (Lipinski definition) is 0. The molecule has 0 N–H and O–H groups in total. The summed E-state index contributed by atoms with van der Waals surface area (Å²) in [5.41, 5.74) is 15.4. The average molecular weight is 649 g/mol. The first-order chi connectivity index (χ1) is 25.1. The molecule has 9 aromatic rings. The van der Waals surface area contributed by atoms with E-state index in [-0.39, 0.29) is 5.41 Å². The van der Waals surface area contributed by atoms with Crippen LogP contribution in [0.5, 0.6) is 0 Å². The van der Waals surface area contributed by atoms with Gasteiger partial charge in [-0.1, -0.05) is 178 Å². The Kier molecular flexibility index (Phi) is 6.63. The maximum absolute atomic E-state index is 2.48. The molecule has 0 unspecified atom stereocenters. The third-order valence-corrected chi connectivity index (χ3v) is 11.3. The molecule has 0 heterocycles. The largest absolute Gasteiger partial charge is 0.0622 e. The minimum atomic E-state index is -0.0850. The zero-order valence-electron chi connectivity index (χ0n) is 28.8. The number of rotatable bonds is 4. The van der Waals surface area contributed by atoms with Crippen molar-refractivity contribution < 1.29 is 0 Å². The first-order valence-electron chi connectivity index (χ1n) is 17.9. The molecule has 0 heteroatoms. The van der Waals surface area contributed by atoms with Gasteiger partial charge in [-0.25, -0.2) is 0 Å². The van der Waals surface area contributed by atoms with Gasteiger partial charge in [-0.15, -0.1) is 0 Å². The molecule has 0 amide bonds. The highest BCUT2D eigenvalue weighted by atomic mass is 14.4. The van der Waals surface area contributed by atoms with Crippen LogP contribution < -0.4 is 0 Å². The Morgan fingerprint density at radius 3 is 1.69 bits per heavy atom. The van der Waals surface area contributed by atoms with Crippen molar-refractivity contribution in [1.82, 2.24) is 0 Å². The summed E-state index contributed by atoms with van der Waals surface area (Å²) in [4.78, 5) is 0. The van der Waals surface area contributed by atoms with Crippen molar-refractivity contribution >= 4 is 32.3 Å². The highest BCUT2D eigenvalue weighted by molar-refractivity contribution is 6.23. The van der Waals surface area contributed by atoms with Crippen LogP contribution in [0.1, 0.15) is 25.0 Å². The van der Waals surface area contributed by atoms with E-state index in [0.29, 0.717) is 0 Å². The number of fused-ring (bicyclic) bond motifs is 6. The second-order valence-electron chi connectivity index (χ2n) is 14.5. The monoisotopic (exact) mass is 648 g/mol. The summed E-state index contributed by atoms with van der Waals surface area (Å²) in [5, 5.41) is 7.59. The van der Waals surface area contributed by atoms with Gasteiger partial charge in [0.2, 0.25) is 0 Å². The molecule has 240 valence electrons. The normalized spacial score (nSPS) is 13.1. The summed E-state index contributed by atoms with van der Waals surface area (Å²) in [6.07, 6.45) is 0. The van der Waals surface area contributed by atoms with Crippen LogP contribution in [0, 0.1) is 0 Å². The molecule has 0 bridgehead atoms. The maximum Gasteiger partial charge on any atom is 0.0159 e. The Balaban J connectivity index is 1.30. The van der Waals surface area contributed by atoms with Crippen LogP contribution >= 0.6 is 0 Å². The smallest absolute Gasteiger partial charge is 0.0159 e. The molecule has 1 aliphatic rings. The summed E-state index contributed by atoms with van der Waals surface area (Å²) in [6, 6.07) is 67.5. The van der Waals surface area contributed by atoms with Crippen LogP contribution in [-0.2, 0) is 5.41 Å². The van der Waals surface area contributed by atoms with E-state index in [2.05, 4.69) is 196 Å². The van der Waals surface area contributed by atoms with Gasteiger partial charge < -0.3 is 0 Å². The van der Waals surface area contributed by atoms with Gasteiger partial charge in [-0.3, -0.25) is 0 Å². The van der Waals surface area contributed by atoms with E-state index in [0.717, 1.165) is 0 Å². The molecule has 0 aliphatic heterocycles. The number of hydrogen-bond acceptors (Lipinski definition) is 0. The third-order valence-electron chi connectivity index (χ3n) is 11.3. The number of benzene rings is 9. The van der Waals surface area contributed by atoms with Crippen molar-refractivity contribution in [1.29, 1.82) is 0 Å². The SMILES string of the molecule is CC1(C)c2ccccc2-c2ccc(-c3c4ccccc4c(-c4ccccc4-c4ccccc4)c4ccc(-c5ccc6ccccc6c5)cc34)cc21. The van der Waals surface area contributed by atoms with Crippen LogP contribution in [0.4, 0.5) is 0 Å². The second kappa shape index (κ2) is 11.4. The minimum Gasteiger partial charge on any atom is -0.0622 e. The van der Waals surface area contributed by atoms with Gasteiger partial charge in [0.15, 0.2) is 0 Å². The Morgan fingerprint density at radius 1 is 0.294 bits per heavy atom. The van der Waals surface area contributed by atoms with E-state index in [1.54, 1.807) is 0 Å². The lowest BCUT2D eigenvalue weighted by Crippen LogP contribution is -2.14. The van der Waals surface area contributed by atoms with Gasteiger partial charge in [-0.05, 0) is 117 Å². The standard InChI is InChI=1S/C51H36/c1-51(2)47-23-13-12-19-40(47)41-28-27-38(32-48(41)51)49-43-21-10-11-22-44(43)50(42-20-9-8-18-39(42)34-15-4-3-5-16-34)45-29-26-37(31-46(45)49)36-25-24-33-14-6-7-17-35(33)30-36/h3-32H,1-2H3. The summed E-state index contributed by atoms with van der Waals surface area (Å²) in [6.45, 7) is 4.75. The lowest BCUT2D eigenvalue weighted by Gasteiger charge is -2.23. The lowest BCUT2D eigenvalue weighted by molar-refractivity contribution is 0.660. The summed E-state index contributed by atoms with van der Waals surface area (Å²) in [7, 11) is 0. The van der Waals surface area contributed by atoms with E-state index in [9.17, 15) is 0 Å². The maximum atomic E-state index is 2.48. The van der Waals surface area contributed by atoms with Crippen molar-refractivity contribution in [3.8, 4) is 55.6 Å².